The van der Waals surface area contributed by atoms with Crippen LogP contribution in [-0.4, -0.2) is 10.8 Å². The molecule has 0 unspecified atom stereocenters. The van der Waals surface area contributed by atoms with Crippen LogP contribution in [-0.2, 0) is 6.18 Å². The van der Waals surface area contributed by atoms with Crippen molar-refractivity contribution in [2.45, 2.75) is 6.18 Å². The molecule has 2 aromatic rings. The van der Waals surface area contributed by atoms with Crippen molar-refractivity contribution in [3.8, 4) is 0 Å². The van der Waals surface area contributed by atoms with Gasteiger partial charge in [0.25, 0.3) is 0 Å². The molecule has 1 amide bonds. The molecule has 2 N–H and O–H groups in total. The molecule has 7 heteroatoms. The first kappa shape index (κ1) is 16.6. The van der Waals surface area contributed by atoms with Crippen molar-refractivity contribution in [1.82, 2.24) is 0 Å². The van der Waals surface area contributed by atoms with E-state index in [1.807, 2.05) is 11.0 Å². The van der Waals surface area contributed by atoms with Gasteiger partial charge in [-0.25, -0.2) is 0 Å². The predicted molar refractivity (Wildman–Crippen MR) is 75.4 cm³/mol. The van der Waals surface area contributed by atoms with Crippen LogP contribution >= 0.6 is 0 Å². The van der Waals surface area contributed by atoms with Crippen LogP contribution in [0.1, 0.15) is 15.9 Å². The summed E-state index contributed by atoms with van der Waals surface area (Å²) in [5.74, 6) is -0.447. The molecule has 0 fully saturated rings. The first-order valence-electron chi connectivity index (χ1n) is 6.23. The normalized spacial score (nSPS) is 11.3. The number of amides is 1. The van der Waals surface area contributed by atoms with Crippen LogP contribution in [0.2, 0.25) is 0 Å². The fourth-order valence-corrected chi connectivity index (χ4v) is 2.76. The van der Waals surface area contributed by atoms with Crippen molar-refractivity contribution >= 4 is 17.3 Å². The molecule has 3 nitrogen and oxygen atoms in total. The van der Waals surface area contributed by atoms with Gasteiger partial charge in [0.2, 0.25) is 0 Å². The molecule has 0 saturated carbocycles. The van der Waals surface area contributed by atoms with Crippen molar-refractivity contribution < 1.29 is 39.4 Å². The molecule has 0 saturated heterocycles. The van der Waals surface area contributed by atoms with Gasteiger partial charge in [-0.15, -0.1) is 0 Å². The molecular weight excluding hydrogens is 408 g/mol. The number of anilines is 2. The summed E-state index contributed by atoms with van der Waals surface area (Å²) in [6, 6.07) is 11.4. The van der Waals surface area contributed by atoms with Crippen LogP contribution in [0.3, 0.4) is 0 Å². The van der Waals surface area contributed by atoms with Gasteiger partial charge in [0, 0.05) is 0 Å². The number of alkyl halides is 4. The third-order valence-corrected chi connectivity index (χ3v) is 3.94. The summed E-state index contributed by atoms with van der Waals surface area (Å²) < 4.78 is 41.1. The fourth-order valence-electron chi connectivity index (χ4n) is 1.80. The third-order valence-electron chi connectivity index (χ3n) is 2.78. The van der Waals surface area contributed by atoms with Gasteiger partial charge >= 0.3 is 136 Å². The standard InChI is InChI=1S/C15H13F3IN2O/c1-19-21-13-7-2-4-10(8-13)14(22)20-12-6-3-5-11(9-12)15(16,17)18/h2-9,21H,1H3,(H,20,22)/q-1. The summed E-state index contributed by atoms with van der Waals surface area (Å²) in [6.45, 7) is 0. The Morgan fingerprint density at radius 1 is 1.05 bits per heavy atom. The molecule has 0 bridgehead atoms. The fraction of sp³-hybridized carbons (Fsp3) is 0.133. The minimum absolute atomic E-state index is 0.112. The molecule has 0 atom stereocenters. The molecule has 118 valence electrons. The number of rotatable bonds is 4. The zero-order valence-corrected chi connectivity index (χ0v) is 13.7. The molecule has 0 spiro atoms. The van der Waals surface area contributed by atoms with Gasteiger partial charge in [-0.2, -0.15) is 0 Å². The Kier molecular flexibility index (Phi) is 5.28. The topological polar surface area (TPSA) is 41.1 Å². The Bertz CT molecular complexity index is 674. The van der Waals surface area contributed by atoms with Crippen molar-refractivity contribution in [1.29, 1.82) is 0 Å². The zero-order valence-electron chi connectivity index (χ0n) is 11.5. The number of halogens is 4. The van der Waals surface area contributed by atoms with E-state index in [1.54, 1.807) is 18.2 Å². The zero-order chi connectivity index (χ0) is 16.2. The summed E-state index contributed by atoms with van der Waals surface area (Å²) in [5, 5.41) is 2.48. The predicted octanol–water partition coefficient (Wildman–Crippen LogP) is 1.00. The van der Waals surface area contributed by atoms with E-state index >= 15 is 0 Å². The number of carbonyl (C=O) groups is 1. The molecule has 2 rings (SSSR count). The van der Waals surface area contributed by atoms with Gasteiger partial charge in [0.15, 0.2) is 0 Å². The molecule has 0 radical (unpaired) electrons. The van der Waals surface area contributed by atoms with E-state index in [9.17, 15) is 18.0 Å². The van der Waals surface area contributed by atoms with Gasteiger partial charge in [0.1, 0.15) is 0 Å². The van der Waals surface area contributed by atoms with Crippen LogP contribution in [0.15, 0.2) is 48.5 Å². The second-order valence-electron chi connectivity index (χ2n) is 4.40. The van der Waals surface area contributed by atoms with Crippen LogP contribution in [0, 0.1) is 0 Å². The Hall–Kier alpha value is -1.77. The van der Waals surface area contributed by atoms with E-state index in [0.717, 1.165) is 17.8 Å². The van der Waals surface area contributed by atoms with Gasteiger partial charge in [-0.3, -0.25) is 0 Å². The van der Waals surface area contributed by atoms with Crippen LogP contribution < -0.4 is 30.3 Å². The number of benzene rings is 2. The van der Waals surface area contributed by atoms with E-state index in [4.69, 9.17) is 0 Å². The summed E-state index contributed by atoms with van der Waals surface area (Å²) in [7, 11) is 0. The first-order valence-corrected chi connectivity index (χ1v) is 9.47. The molecule has 2 aromatic carbocycles. The molecular formula is C15H13F3IN2O-. The summed E-state index contributed by atoms with van der Waals surface area (Å²) in [4.78, 5) is 14.2. The van der Waals surface area contributed by atoms with Gasteiger partial charge < -0.3 is 0 Å². The number of hydrogen-bond acceptors (Lipinski definition) is 2. The second kappa shape index (κ2) is 6.99. The van der Waals surface area contributed by atoms with Crippen molar-refractivity contribution in [2.24, 2.45) is 0 Å². The van der Waals surface area contributed by atoms with Crippen LogP contribution in [0.5, 0.6) is 0 Å². The SMILES string of the molecule is C[I-]Nc1cccc(C(=O)Nc2cccc(C(F)(F)F)c2)c1. The molecule has 0 aliphatic heterocycles. The molecule has 0 aromatic heterocycles. The average molecular weight is 421 g/mol. The maximum absolute atomic E-state index is 12.6. The number of nitrogens with one attached hydrogen (secondary N) is 2. The quantitative estimate of drug-likeness (QED) is 0.440. The van der Waals surface area contributed by atoms with E-state index in [1.165, 1.54) is 12.1 Å². The molecule has 0 aliphatic rings. The van der Waals surface area contributed by atoms with Crippen molar-refractivity contribution in [3.63, 3.8) is 0 Å². The van der Waals surface area contributed by atoms with Gasteiger partial charge in [-0.05, 0) is 0 Å². The van der Waals surface area contributed by atoms with Crippen molar-refractivity contribution in [3.05, 3.63) is 59.7 Å². The van der Waals surface area contributed by atoms with Crippen LogP contribution in [0.4, 0.5) is 24.5 Å². The third kappa shape index (κ3) is 4.36. The minimum atomic E-state index is -4.44. The Morgan fingerprint density at radius 3 is 2.41 bits per heavy atom. The summed E-state index contributed by atoms with van der Waals surface area (Å²) in [6.07, 6.45) is -4.44. The molecule has 22 heavy (non-hydrogen) atoms. The monoisotopic (exact) mass is 421 g/mol. The Morgan fingerprint density at radius 2 is 1.73 bits per heavy atom. The summed E-state index contributed by atoms with van der Waals surface area (Å²) in [5.41, 5.74) is 0.532. The average Bonchev–Trinajstić information content (AvgIpc) is 2.47. The molecule has 0 aliphatic carbocycles. The Balaban J connectivity index is 2.17. The maximum atomic E-state index is 12.6. The van der Waals surface area contributed by atoms with Gasteiger partial charge in [-0.1, -0.05) is 0 Å². The van der Waals surface area contributed by atoms with E-state index < -0.39 is 17.6 Å². The van der Waals surface area contributed by atoms with Gasteiger partial charge in [0.05, 0.1) is 0 Å². The Labute approximate surface area is 136 Å². The second-order valence-corrected chi connectivity index (χ2v) is 6.02. The molecule has 0 heterocycles. The van der Waals surface area contributed by atoms with E-state index in [0.29, 0.717) is 5.56 Å². The van der Waals surface area contributed by atoms with E-state index in [2.05, 4.69) is 8.85 Å². The first-order chi connectivity index (χ1) is 10.4. The number of hydrogen-bond donors (Lipinski definition) is 2. The van der Waals surface area contributed by atoms with Crippen molar-refractivity contribution in [2.75, 3.05) is 13.8 Å². The van der Waals surface area contributed by atoms with Crippen LogP contribution in [0.25, 0.3) is 0 Å². The number of carbonyl (C=O) groups excluding carboxylic acids is 1. The van der Waals surface area contributed by atoms with E-state index in [-0.39, 0.29) is 27.2 Å². The summed E-state index contributed by atoms with van der Waals surface area (Å²) >= 11 is -0.177.